The van der Waals surface area contributed by atoms with Crippen molar-refractivity contribution in [2.75, 3.05) is 6.61 Å². The molecular formula is C21H32O4. The van der Waals surface area contributed by atoms with Gasteiger partial charge in [-0.3, -0.25) is 9.59 Å². The van der Waals surface area contributed by atoms with Crippen molar-refractivity contribution < 1.29 is 19.1 Å². The van der Waals surface area contributed by atoms with Crippen molar-refractivity contribution in [3.8, 4) is 0 Å². The number of hydrogen-bond donors (Lipinski definition) is 0. The van der Waals surface area contributed by atoms with Crippen LogP contribution >= 0.6 is 0 Å². The first-order valence-electron chi connectivity index (χ1n) is 9.57. The molecule has 1 unspecified atom stereocenters. The van der Waals surface area contributed by atoms with Crippen molar-refractivity contribution >= 4 is 11.9 Å². The van der Waals surface area contributed by atoms with Gasteiger partial charge >= 0.3 is 11.9 Å². The Morgan fingerprint density at radius 1 is 0.840 bits per heavy atom. The number of unbranched alkanes of at least 4 members (excludes halogenated alkanes) is 5. The fourth-order valence-corrected chi connectivity index (χ4v) is 2.75. The van der Waals surface area contributed by atoms with E-state index in [1.54, 1.807) is 0 Å². The Hall–Kier alpha value is -1.84. The van der Waals surface area contributed by atoms with Gasteiger partial charge in [-0.25, -0.2) is 0 Å². The van der Waals surface area contributed by atoms with Crippen molar-refractivity contribution in [1.29, 1.82) is 0 Å². The molecule has 0 aliphatic carbocycles. The van der Waals surface area contributed by atoms with Crippen molar-refractivity contribution in [2.45, 2.75) is 77.7 Å². The minimum Gasteiger partial charge on any atom is -0.466 e. The first-order valence-corrected chi connectivity index (χ1v) is 9.57. The summed E-state index contributed by atoms with van der Waals surface area (Å²) in [6, 6.07) is 9.89. The summed E-state index contributed by atoms with van der Waals surface area (Å²) < 4.78 is 10.5. The molecule has 0 N–H and O–H groups in total. The Morgan fingerprint density at radius 2 is 1.40 bits per heavy atom. The van der Waals surface area contributed by atoms with Crippen LogP contribution in [-0.2, 0) is 19.1 Å². The topological polar surface area (TPSA) is 52.6 Å². The van der Waals surface area contributed by atoms with Gasteiger partial charge in [0.25, 0.3) is 0 Å². The van der Waals surface area contributed by atoms with Crippen LogP contribution in [0.2, 0.25) is 0 Å². The highest BCUT2D eigenvalue weighted by molar-refractivity contribution is 5.69. The van der Waals surface area contributed by atoms with E-state index in [4.69, 9.17) is 9.47 Å². The first kappa shape index (κ1) is 21.2. The number of esters is 2. The van der Waals surface area contributed by atoms with Crippen molar-refractivity contribution in [3.63, 3.8) is 0 Å². The number of benzene rings is 1. The normalized spacial score (nSPS) is 11.8. The fraction of sp³-hybridized carbons (Fsp3) is 0.619. The average molecular weight is 348 g/mol. The van der Waals surface area contributed by atoms with Crippen molar-refractivity contribution in [2.24, 2.45) is 0 Å². The predicted octanol–water partition coefficient (Wildman–Crippen LogP) is 5.36. The monoisotopic (exact) mass is 348 g/mol. The lowest BCUT2D eigenvalue weighted by Crippen LogP contribution is -2.10. The lowest BCUT2D eigenvalue weighted by molar-refractivity contribution is -0.150. The van der Waals surface area contributed by atoms with E-state index in [0.717, 1.165) is 50.5 Å². The number of hydrogen-bond acceptors (Lipinski definition) is 4. The Morgan fingerprint density at radius 3 is 1.96 bits per heavy atom. The maximum atomic E-state index is 12.0. The second-order valence-corrected chi connectivity index (χ2v) is 6.22. The molecule has 1 atom stereocenters. The zero-order valence-electron chi connectivity index (χ0n) is 15.7. The third kappa shape index (κ3) is 9.90. The van der Waals surface area contributed by atoms with E-state index >= 15 is 0 Å². The molecule has 4 heteroatoms. The molecule has 0 saturated carbocycles. The van der Waals surface area contributed by atoms with E-state index in [-0.39, 0.29) is 18.0 Å². The van der Waals surface area contributed by atoms with E-state index < -0.39 is 0 Å². The highest BCUT2D eigenvalue weighted by Crippen LogP contribution is 2.21. The molecule has 1 aromatic carbocycles. The van der Waals surface area contributed by atoms with Crippen LogP contribution in [0.3, 0.4) is 0 Å². The summed E-state index contributed by atoms with van der Waals surface area (Å²) in [6.45, 7) is 4.31. The molecule has 1 rings (SSSR count). The van der Waals surface area contributed by atoms with Gasteiger partial charge in [0.05, 0.1) is 6.61 Å². The minimum absolute atomic E-state index is 0.103. The molecule has 0 spiro atoms. The third-order valence-corrected chi connectivity index (χ3v) is 4.13. The van der Waals surface area contributed by atoms with E-state index in [1.165, 1.54) is 0 Å². The maximum absolute atomic E-state index is 12.0. The molecule has 0 aromatic heterocycles. The summed E-state index contributed by atoms with van der Waals surface area (Å²) >= 11 is 0. The van der Waals surface area contributed by atoms with Gasteiger partial charge in [-0.05, 0) is 31.7 Å². The summed E-state index contributed by atoms with van der Waals surface area (Å²) in [4.78, 5) is 23.2. The molecule has 0 amide bonds. The van der Waals surface area contributed by atoms with Gasteiger partial charge in [-0.1, -0.05) is 62.9 Å². The molecule has 0 aliphatic rings. The Kier molecular flexibility index (Phi) is 11.4. The summed E-state index contributed by atoms with van der Waals surface area (Å²) in [5.41, 5.74) is 1.06. The quantitative estimate of drug-likeness (QED) is 0.355. The van der Waals surface area contributed by atoms with Gasteiger partial charge in [0.1, 0.15) is 6.10 Å². The Bertz CT molecular complexity index is 484. The first-order chi connectivity index (χ1) is 12.2. The van der Waals surface area contributed by atoms with Crippen LogP contribution in [0, 0.1) is 0 Å². The maximum Gasteiger partial charge on any atom is 0.306 e. The number of carbonyl (C=O) groups excluding carboxylic acids is 2. The standard InChI is InChI=1S/C21H32O4/c1-3-19(18-14-10-9-11-15-18)25-21(23)17-13-8-6-5-7-12-16-20(22)24-4-2/h9-11,14-15,19H,3-8,12-13,16-17H2,1-2H3. The number of carbonyl (C=O) groups is 2. The van der Waals surface area contributed by atoms with Crippen LogP contribution in [0.5, 0.6) is 0 Å². The van der Waals surface area contributed by atoms with Gasteiger partial charge in [0, 0.05) is 12.8 Å². The molecule has 4 nitrogen and oxygen atoms in total. The smallest absolute Gasteiger partial charge is 0.306 e. The summed E-state index contributed by atoms with van der Waals surface area (Å²) in [6.07, 6.45) is 7.63. The Balaban J connectivity index is 2.06. The summed E-state index contributed by atoms with van der Waals surface area (Å²) in [5, 5.41) is 0. The van der Waals surface area contributed by atoms with Crippen LogP contribution in [-0.4, -0.2) is 18.5 Å². The number of rotatable bonds is 13. The van der Waals surface area contributed by atoms with Crippen molar-refractivity contribution in [1.82, 2.24) is 0 Å². The van der Waals surface area contributed by atoms with Gasteiger partial charge < -0.3 is 9.47 Å². The van der Waals surface area contributed by atoms with E-state index in [0.29, 0.717) is 19.4 Å². The van der Waals surface area contributed by atoms with Crippen molar-refractivity contribution in [3.05, 3.63) is 35.9 Å². The fourth-order valence-electron chi connectivity index (χ4n) is 2.75. The van der Waals surface area contributed by atoms with Crippen LogP contribution < -0.4 is 0 Å². The molecule has 0 aliphatic heterocycles. The molecule has 0 fully saturated rings. The van der Waals surface area contributed by atoms with E-state index in [1.807, 2.05) is 44.2 Å². The molecule has 140 valence electrons. The SMILES string of the molecule is CCOC(=O)CCCCCCCCC(=O)OC(CC)c1ccccc1. The van der Waals surface area contributed by atoms with Crippen LogP contribution in [0.25, 0.3) is 0 Å². The van der Waals surface area contributed by atoms with E-state index in [9.17, 15) is 9.59 Å². The van der Waals surface area contributed by atoms with E-state index in [2.05, 4.69) is 0 Å². The minimum atomic E-state index is -0.142. The largest absolute Gasteiger partial charge is 0.466 e. The Labute approximate surface area is 151 Å². The molecule has 0 saturated heterocycles. The molecule has 0 bridgehead atoms. The molecule has 0 radical (unpaired) electrons. The van der Waals surface area contributed by atoms with Gasteiger partial charge in [-0.15, -0.1) is 0 Å². The molecule has 25 heavy (non-hydrogen) atoms. The van der Waals surface area contributed by atoms with Gasteiger partial charge in [0.15, 0.2) is 0 Å². The highest BCUT2D eigenvalue weighted by atomic mass is 16.5. The lowest BCUT2D eigenvalue weighted by Gasteiger charge is -2.16. The second-order valence-electron chi connectivity index (χ2n) is 6.22. The summed E-state index contributed by atoms with van der Waals surface area (Å²) in [5.74, 6) is -0.216. The summed E-state index contributed by atoms with van der Waals surface area (Å²) in [7, 11) is 0. The van der Waals surface area contributed by atoms with Crippen LogP contribution in [0.15, 0.2) is 30.3 Å². The lowest BCUT2D eigenvalue weighted by atomic mass is 10.1. The molecule has 1 aromatic rings. The van der Waals surface area contributed by atoms with Gasteiger partial charge in [-0.2, -0.15) is 0 Å². The van der Waals surface area contributed by atoms with Crippen LogP contribution in [0.4, 0.5) is 0 Å². The predicted molar refractivity (Wildman–Crippen MR) is 99.1 cm³/mol. The molecular weight excluding hydrogens is 316 g/mol. The highest BCUT2D eigenvalue weighted by Gasteiger charge is 2.14. The van der Waals surface area contributed by atoms with Gasteiger partial charge in [0.2, 0.25) is 0 Å². The third-order valence-electron chi connectivity index (χ3n) is 4.13. The second kappa shape index (κ2) is 13.5. The number of ether oxygens (including phenoxy) is 2. The zero-order chi connectivity index (χ0) is 18.3. The van der Waals surface area contributed by atoms with Crippen LogP contribution in [0.1, 0.15) is 83.3 Å². The zero-order valence-corrected chi connectivity index (χ0v) is 15.7. The average Bonchev–Trinajstić information content (AvgIpc) is 2.62. The molecule has 0 heterocycles.